The highest BCUT2D eigenvalue weighted by Crippen LogP contribution is 2.41. The number of amides is 4. The topological polar surface area (TPSA) is 66.5 Å². The molecule has 2 aliphatic rings. The van der Waals surface area contributed by atoms with Gasteiger partial charge in [-0.15, -0.1) is 0 Å². The summed E-state index contributed by atoms with van der Waals surface area (Å²) in [6, 6.07) is -0.630. The van der Waals surface area contributed by atoms with Gasteiger partial charge in [0, 0.05) is 6.04 Å². The lowest BCUT2D eigenvalue weighted by Gasteiger charge is -2.39. The quantitative estimate of drug-likeness (QED) is 0.795. The van der Waals surface area contributed by atoms with Crippen LogP contribution in [-0.2, 0) is 9.59 Å². The van der Waals surface area contributed by atoms with Crippen LogP contribution in [0.15, 0.2) is 0 Å². The van der Waals surface area contributed by atoms with Crippen molar-refractivity contribution in [2.24, 2.45) is 11.3 Å². The summed E-state index contributed by atoms with van der Waals surface area (Å²) < 4.78 is 0. The Labute approximate surface area is 113 Å². The molecule has 0 aromatic rings. The van der Waals surface area contributed by atoms with Crippen LogP contribution in [0, 0.1) is 11.3 Å². The van der Waals surface area contributed by atoms with Gasteiger partial charge in [0.15, 0.2) is 0 Å². The first-order valence-corrected chi connectivity index (χ1v) is 7.06. The third-order valence-corrected chi connectivity index (χ3v) is 4.39. The highest BCUT2D eigenvalue weighted by Gasteiger charge is 2.48. The Kier molecular flexibility index (Phi) is 3.65. The molecule has 2 fully saturated rings. The Balaban J connectivity index is 2.26. The van der Waals surface area contributed by atoms with Crippen molar-refractivity contribution in [1.29, 1.82) is 0 Å². The zero-order chi connectivity index (χ0) is 14.2. The standard InChI is InChI=1S/C14H22N2O3/c1-4-6-9-11(17)15-13(19)16(12(9)18)10-7-5-8-14(10,2)3/h9-10H,4-8H2,1-3H3,(H,15,17,19). The van der Waals surface area contributed by atoms with Crippen molar-refractivity contribution >= 4 is 17.8 Å². The molecule has 0 aromatic carbocycles. The molecule has 106 valence electrons. The summed E-state index contributed by atoms with van der Waals surface area (Å²) >= 11 is 0. The summed E-state index contributed by atoms with van der Waals surface area (Å²) in [5.41, 5.74) is -0.0653. The zero-order valence-corrected chi connectivity index (χ0v) is 11.9. The molecule has 1 aliphatic carbocycles. The van der Waals surface area contributed by atoms with Crippen molar-refractivity contribution in [1.82, 2.24) is 10.2 Å². The molecule has 1 heterocycles. The van der Waals surface area contributed by atoms with Crippen LogP contribution in [0.4, 0.5) is 4.79 Å². The minimum absolute atomic E-state index is 0.0653. The molecule has 2 atom stereocenters. The maximum absolute atomic E-state index is 12.5. The van der Waals surface area contributed by atoms with Gasteiger partial charge < -0.3 is 0 Å². The lowest BCUT2D eigenvalue weighted by atomic mass is 9.85. The third-order valence-electron chi connectivity index (χ3n) is 4.39. The van der Waals surface area contributed by atoms with Gasteiger partial charge in [-0.3, -0.25) is 19.8 Å². The van der Waals surface area contributed by atoms with E-state index < -0.39 is 17.9 Å². The van der Waals surface area contributed by atoms with Gasteiger partial charge in [-0.05, 0) is 24.7 Å². The molecule has 1 N–H and O–H groups in total. The fourth-order valence-electron chi connectivity index (χ4n) is 3.26. The lowest BCUT2D eigenvalue weighted by Crippen LogP contribution is -2.62. The van der Waals surface area contributed by atoms with Gasteiger partial charge in [0.25, 0.3) is 0 Å². The van der Waals surface area contributed by atoms with E-state index in [0.717, 1.165) is 25.7 Å². The van der Waals surface area contributed by atoms with Gasteiger partial charge in [-0.25, -0.2) is 4.79 Å². The molecule has 5 nitrogen and oxygen atoms in total. The number of imide groups is 2. The van der Waals surface area contributed by atoms with Crippen LogP contribution in [0.25, 0.3) is 0 Å². The molecular formula is C14H22N2O3. The summed E-state index contributed by atoms with van der Waals surface area (Å²) in [7, 11) is 0. The zero-order valence-electron chi connectivity index (χ0n) is 11.9. The average Bonchev–Trinajstić information content (AvgIpc) is 2.64. The van der Waals surface area contributed by atoms with Crippen molar-refractivity contribution in [3.05, 3.63) is 0 Å². The van der Waals surface area contributed by atoms with E-state index in [-0.39, 0.29) is 17.4 Å². The highest BCUT2D eigenvalue weighted by atomic mass is 16.2. The van der Waals surface area contributed by atoms with E-state index in [1.165, 1.54) is 4.90 Å². The second-order valence-corrected chi connectivity index (χ2v) is 6.24. The second kappa shape index (κ2) is 4.94. The Hall–Kier alpha value is -1.39. The van der Waals surface area contributed by atoms with Crippen molar-refractivity contribution in [2.45, 2.75) is 58.9 Å². The highest BCUT2D eigenvalue weighted by molar-refractivity contribution is 6.16. The summed E-state index contributed by atoms with van der Waals surface area (Å²) in [5.74, 6) is -1.45. The maximum Gasteiger partial charge on any atom is 0.331 e. The number of carbonyl (C=O) groups is 3. The van der Waals surface area contributed by atoms with Crippen molar-refractivity contribution < 1.29 is 14.4 Å². The molecule has 19 heavy (non-hydrogen) atoms. The van der Waals surface area contributed by atoms with E-state index in [1.54, 1.807) is 0 Å². The van der Waals surface area contributed by atoms with E-state index in [4.69, 9.17) is 0 Å². The Morgan fingerprint density at radius 1 is 1.32 bits per heavy atom. The molecule has 0 spiro atoms. The van der Waals surface area contributed by atoms with E-state index >= 15 is 0 Å². The van der Waals surface area contributed by atoms with E-state index in [9.17, 15) is 14.4 Å². The molecule has 1 aliphatic heterocycles. The van der Waals surface area contributed by atoms with Gasteiger partial charge in [-0.1, -0.05) is 33.6 Å². The van der Waals surface area contributed by atoms with Crippen molar-refractivity contribution in [2.75, 3.05) is 0 Å². The first kappa shape index (κ1) is 14.0. The van der Waals surface area contributed by atoms with Crippen LogP contribution in [-0.4, -0.2) is 28.8 Å². The fourth-order valence-corrected chi connectivity index (χ4v) is 3.26. The molecule has 4 amide bonds. The van der Waals surface area contributed by atoms with Crippen molar-refractivity contribution in [3.63, 3.8) is 0 Å². The minimum atomic E-state index is -0.695. The predicted octanol–water partition coefficient (Wildman–Crippen LogP) is 2.06. The fraction of sp³-hybridized carbons (Fsp3) is 0.786. The van der Waals surface area contributed by atoms with Crippen LogP contribution in [0.3, 0.4) is 0 Å². The smallest absolute Gasteiger partial charge is 0.277 e. The molecule has 0 aromatic heterocycles. The number of hydrogen-bond donors (Lipinski definition) is 1. The van der Waals surface area contributed by atoms with Gasteiger partial charge in [0.2, 0.25) is 11.8 Å². The Morgan fingerprint density at radius 3 is 2.53 bits per heavy atom. The number of carbonyl (C=O) groups excluding carboxylic acids is 3. The number of hydrogen-bond acceptors (Lipinski definition) is 3. The number of barbiturate groups is 1. The van der Waals surface area contributed by atoms with Crippen LogP contribution in [0.1, 0.15) is 52.9 Å². The monoisotopic (exact) mass is 266 g/mol. The number of urea groups is 1. The molecule has 2 unspecified atom stereocenters. The van der Waals surface area contributed by atoms with Gasteiger partial charge in [0.05, 0.1) is 0 Å². The molecule has 1 saturated heterocycles. The maximum atomic E-state index is 12.5. The summed E-state index contributed by atoms with van der Waals surface area (Å²) in [5, 5.41) is 2.34. The molecule has 0 radical (unpaired) electrons. The largest absolute Gasteiger partial charge is 0.331 e. The van der Waals surface area contributed by atoms with Gasteiger partial charge in [-0.2, -0.15) is 0 Å². The normalized spacial score (nSPS) is 30.7. The Bertz CT molecular complexity index is 417. The van der Waals surface area contributed by atoms with Crippen LogP contribution >= 0.6 is 0 Å². The first-order valence-electron chi connectivity index (χ1n) is 7.06. The molecule has 0 bridgehead atoms. The molecular weight excluding hydrogens is 244 g/mol. The molecule has 1 saturated carbocycles. The molecule has 2 rings (SSSR count). The second-order valence-electron chi connectivity index (χ2n) is 6.24. The summed E-state index contributed by atoms with van der Waals surface area (Å²) in [6.45, 7) is 6.09. The third kappa shape index (κ3) is 2.38. The molecule has 5 heteroatoms. The van der Waals surface area contributed by atoms with Crippen LogP contribution < -0.4 is 5.32 Å². The van der Waals surface area contributed by atoms with E-state index in [2.05, 4.69) is 19.2 Å². The number of nitrogens with one attached hydrogen (secondary N) is 1. The van der Waals surface area contributed by atoms with E-state index in [0.29, 0.717) is 6.42 Å². The first-order chi connectivity index (χ1) is 8.88. The van der Waals surface area contributed by atoms with E-state index in [1.807, 2.05) is 6.92 Å². The SMILES string of the molecule is CCCC1C(=O)NC(=O)N(C2CCCC2(C)C)C1=O. The average molecular weight is 266 g/mol. The van der Waals surface area contributed by atoms with Crippen LogP contribution in [0.5, 0.6) is 0 Å². The van der Waals surface area contributed by atoms with Crippen molar-refractivity contribution in [3.8, 4) is 0 Å². The van der Waals surface area contributed by atoms with Gasteiger partial charge >= 0.3 is 6.03 Å². The number of rotatable bonds is 3. The number of nitrogens with zero attached hydrogens (tertiary/aromatic N) is 1. The van der Waals surface area contributed by atoms with Gasteiger partial charge in [0.1, 0.15) is 5.92 Å². The van der Waals surface area contributed by atoms with Crippen LogP contribution in [0.2, 0.25) is 0 Å². The lowest BCUT2D eigenvalue weighted by molar-refractivity contribution is -0.145. The Morgan fingerprint density at radius 2 is 2.00 bits per heavy atom. The summed E-state index contributed by atoms with van der Waals surface area (Å²) in [4.78, 5) is 37.5. The minimum Gasteiger partial charge on any atom is -0.277 e. The predicted molar refractivity (Wildman–Crippen MR) is 70.2 cm³/mol. The summed E-state index contributed by atoms with van der Waals surface area (Å²) in [6.07, 6.45) is 4.10.